The van der Waals surface area contributed by atoms with Gasteiger partial charge in [-0.1, -0.05) is 18.9 Å². The normalized spacial score (nSPS) is 31.1. The average Bonchev–Trinajstić information content (AvgIpc) is 2.84. The molecule has 3 rings (SSSR count). The first-order chi connectivity index (χ1) is 8.76. The topological polar surface area (TPSA) is 41.5 Å². The van der Waals surface area contributed by atoms with E-state index in [1.807, 2.05) is 6.07 Å². The van der Waals surface area contributed by atoms with Crippen molar-refractivity contribution in [2.45, 2.75) is 43.6 Å². The molecular weight excluding hydrogens is 226 g/mol. The van der Waals surface area contributed by atoms with Gasteiger partial charge in [0.05, 0.1) is 7.11 Å². The number of aromatic hydroxyl groups is 1. The fourth-order valence-corrected chi connectivity index (χ4v) is 3.78. The highest BCUT2D eigenvalue weighted by molar-refractivity contribution is 5.45. The van der Waals surface area contributed by atoms with Crippen molar-refractivity contribution in [3.63, 3.8) is 0 Å². The number of fused-ring (bicyclic) bond motifs is 1. The predicted molar refractivity (Wildman–Crippen MR) is 71.2 cm³/mol. The van der Waals surface area contributed by atoms with Crippen molar-refractivity contribution in [1.82, 2.24) is 5.32 Å². The number of benzene rings is 1. The highest BCUT2D eigenvalue weighted by atomic mass is 16.5. The number of methoxy groups -OCH3 is 1. The summed E-state index contributed by atoms with van der Waals surface area (Å²) in [6.07, 6.45) is 6.35. The second kappa shape index (κ2) is 4.47. The molecule has 0 amide bonds. The Labute approximate surface area is 108 Å². The smallest absolute Gasteiger partial charge is 0.160 e. The molecule has 3 heteroatoms. The summed E-state index contributed by atoms with van der Waals surface area (Å²) in [6, 6.07) is 6.47. The molecular formula is C15H21NO2. The van der Waals surface area contributed by atoms with Crippen LogP contribution in [0.15, 0.2) is 18.2 Å². The van der Waals surface area contributed by atoms with Crippen molar-refractivity contribution in [1.29, 1.82) is 0 Å². The summed E-state index contributed by atoms with van der Waals surface area (Å²) in [5, 5.41) is 13.4. The third-order valence-corrected chi connectivity index (χ3v) is 4.75. The molecule has 18 heavy (non-hydrogen) atoms. The molecule has 0 unspecified atom stereocenters. The van der Waals surface area contributed by atoms with Gasteiger partial charge in [-0.3, -0.25) is 0 Å². The summed E-state index contributed by atoms with van der Waals surface area (Å²) < 4.78 is 5.25. The van der Waals surface area contributed by atoms with Crippen LogP contribution in [-0.2, 0) is 5.41 Å². The van der Waals surface area contributed by atoms with Crippen molar-refractivity contribution in [3.05, 3.63) is 23.8 Å². The third-order valence-electron chi connectivity index (χ3n) is 4.75. The number of ether oxygens (including phenoxy) is 1. The van der Waals surface area contributed by atoms with Crippen LogP contribution in [0.2, 0.25) is 0 Å². The monoisotopic (exact) mass is 247 g/mol. The Kier molecular flexibility index (Phi) is 2.94. The molecule has 2 aliphatic rings. The summed E-state index contributed by atoms with van der Waals surface area (Å²) in [5.74, 6) is 0.828. The highest BCUT2D eigenvalue weighted by Gasteiger charge is 2.45. The van der Waals surface area contributed by atoms with Crippen molar-refractivity contribution in [2.24, 2.45) is 0 Å². The zero-order chi connectivity index (χ0) is 12.6. The van der Waals surface area contributed by atoms with E-state index in [1.165, 1.54) is 37.7 Å². The average molecular weight is 247 g/mol. The quantitative estimate of drug-likeness (QED) is 0.844. The number of hydrogen-bond acceptors (Lipinski definition) is 3. The molecule has 3 nitrogen and oxygen atoms in total. The van der Waals surface area contributed by atoms with Crippen LogP contribution in [0.3, 0.4) is 0 Å². The van der Waals surface area contributed by atoms with E-state index in [1.54, 1.807) is 13.2 Å². The first-order valence-corrected chi connectivity index (χ1v) is 6.87. The van der Waals surface area contributed by atoms with Gasteiger partial charge < -0.3 is 15.2 Å². The second-order valence-corrected chi connectivity index (χ2v) is 5.55. The highest BCUT2D eigenvalue weighted by Crippen LogP contribution is 2.46. The van der Waals surface area contributed by atoms with Gasteiger partial charge in [-0.2, -0.15) is 0 Å². The Morgan fingerprint density at radius 1 is 1.33 bits per heavy atom. The molecule has 1 aromatic carbocycles. The van der Waals surface area contributed by atoms with E-state index in [4.69, 9.17) is 4.74 Å². The molecule has 1 aromatic rings. The van der Waals surface area contributed by atoms with E-state index in [0.717, 1.165) is 6.54 Å². The summed E-state index contributed by atoms with van der Waals surface area (Å²) in [6.45, 7) is 1.11. The molecule has 2 fully saturated rings. The van der Waals surface area contributed by atoms with E-state index < -0.39 is 0 Å². The van der Waals surface area contributed by atoms with Gasteiger partial charge in [0, 0.05) is 11.5 Å². The Morgan fingerprint density at radius 3 is 3.06 bits per heavy atom. The van der Waals surface area contributed by atoms with Gasteiger partial charge in [-0.25, -0.2) is 0 Å². The molecule has 0 bridgehead atoms. The van der Waals surface area contributed by atoms with E-state index >= 15 is 0 Å². The first kappa shape index (κ1) is 11.8. The van der Waals surface area contributed by atoms with E-state index in [2.05, 4.69) is 11.4 Å². The molecule has 98 valence electrons. The van der Waals surface area contributed by atoms with Gasteiger partial charge in [0.15, 0.2) is 11.5 Å². The Morgan fingerprint density at radius 2 is 2.22 bits per heavy atom. The molecule has 1 saturated heterocycles. The fourth-order valence-electron chi connectivity index (χ4n) is 3.78. The van der Waals surface area contributed by atoms with Gasteiger partial charge >= 0.3 is 0 Å². The van der Waals surface area contributed by atoms with Crippen molar-refractivity contribution in [2.75, 3.05) is 13.7 Å². The molecule has 1 aliphatic heterocycles. The number of hydrogen-bond donors (Lipinski definition) is 2. The zero-order valence-electron chi connectivity index (χ0n) is 10.9. The van der Waals surface area contributed by atoms with Crippen molar-refractivity contribution < 1.29 is 9.84 Å². The summed E-state index contributed by atoms with van der Waals surface area (Å²) in [4.78, 5) is 0. The third kappa shape index (κ3) is 1.69. The minimum atomic E-state index is 0.232. The van der Waals surface area contributed by atoms with Crippen LogP contribution in [0, 0.1) is 0 Å². The molecule has 0 aromatic heterocycles. The maximum atomic E-state index is 9.73. The molecule has 1 saturated carbocycles. The SMILES string of the molecule is COc1cc([C@@]23CCCC[C@@H]2NCC3)ccc1O. The van der Waals surface area contributed by atoms with Crippen LogP contribution < -0.4 is 10.1 Å². The van der Waals surface area contributed by atoms with Crippen LogP contribution in [-0.4, -0.2) is 24.8 Å². The van der Waals surface area contributed by atoms with Gasteiger partial charge in [0.1, 0.15) is 0 Å². The number of nitrogens with one attached hydrogen (secondary N) is 1. The second-order valence-electron chi connectivity index (χ2n) is 5.55. The number of rotatable bonds is 2. The van der Waals surface area contributed by atoms with Crippen molar-refractivity contribution >= 4 is 0 Å². The molecule has 1 aliphatic carbocycles. The number of phenols is 1. The van der Waals surface area contributed by atoms with Crippen molar-refractivity contribution in [3.8, 4) is 11.5 Å². The molecule has 0 spiro atoms. The standard InChI is InChI=1S/C15H21NO2/c1-18-13-10-11(5-6-12(13)17)15-7-3-2-4-14(15)16-9-8-15/h5-6,10,14,16-17H,2-4,7-9H2,1H3/t14-,15-/m0/s1. The molecule has 2 N–H and O–H groups in total. The first-order valence-electron chi connectivity index (χ1n) is 6.87. The van der Waals surface area contributed by atoms with Crippen LogP contribution in [0.4, 0.5) is 0 Å². The Hall–Kier alpha value is -1.22. The fraction of sp³-hybridized carbons (Fsp3) is 0.600. The lowest BCUT2D eigenvalue weighted by Gasteiger charge is -2.39. The summed E-state index contributed by atoms with van der Waals surface area (Å²) >= 11 is 0. The van der Waals surface area contributed by atoms with E-state index in [9.17, 15) is 5.11 Å². The minimum Gasteiger partial charge on any atom is -0.504 e. The summed E-state index contributed by atoms with van der Waals surface area (Å²) in [5.41, 5.74) is 1.59. The Balaban J connectivity index is 2.01. The largest absolute Gasteiger partial charge is 0.504 e. The molecule has 0 radical (unpaired) electrons. The Bertz CT molecular complexity index is 446. The van der Waals surface area contributed by atoms with Crippen LogP contribution >= 0.6 is 0 Å². The predicted octanol–water partition coefficient (Wildman–Crippen LogP) is 2.57. The van der Waals surface area contributed by atoms with Gasteiger partial charge in [-0.05, 0) is 43.5 Å². The maximum Gasteiger partial charge on any atom is 0.160 e. The van der Waals surface area contributed by atoms with Crippen LogP contribution in [0.1, 0.15) is 37.7 Å². The molecule has 1 heterocycles. The van der Waals surface area contributed by atoms with E-state index in [-0.39, 0.29) is 11.2 Å². The lowest BCUT2D eigenvalue weighted by atomic mass is 9.66. The van der Waals surface area contributed by atoms with Gasteiger partial charge in [0.25, 0.3) is 0 Å². The van der Waals surface area contributed by atoms with Gasteiger partial charge in [0.2, 0.25) is 0 Å². The van der Waals surface area contributed by atoms with E-state index in [0.29, 0.717) is 11.8 Å². The maximum absolute atomic E-state index is 9.73. The number of phenolic OH excluding ortho intramolecular Hbond substituents is 1. The summed E-state index contributed by atoms with van der Waals surface area (Å²) in [7, 11) is 1.61. The van der Waals surface area contributed by atoms with Gasteiger partial charge in [-0.15, -0.1) is 0 Å². The zero-order valence-corrected chi connectivity index (χ0v) is 10.9. The van der Waals surface area contributed by atoms with Crippen LogP contribution in [0.5, 0.6) is 11.5 Å². The van der Waals surface area contributed by atoms with Crippen LogP contribution in [0.25, 0.3) is 0 Å². The minimum absolute atomic E-state index is 0.232. The lowest BCUT2D eigenvalue weighted by molar-refractivity contribution is 0.266. The lowest BCUT2D eigenvalue weighted by Crippen LogP contribution is -2.42. The molecule has 2 atom stereocenters.